The number of nitriles is 1. The van der Waals surface area contributed by atoms with E-state index in [0.29, 0.717) is 24.1 Å². The molecule has 0 atom stereocenters. The first kappa shape index (κ1) is 19.0. The number of ether oxygens (including phenoxy) is 1. The second-order valence-electron chi connectivity index (χ2n) is 5.80. The molecule has 2 aromatic carbocycles. The van der Waals surface area contributed by atoms with Crippen molar-refractivity contribution in [2.45, 2.75) is 12.8 Å². The zero-order valence-electron chi connectivity index (χ0n) is 15.1. The summed E-state index contributed by atoms with van der Waals surface area (Å²) in [6.07, 6.45) is 0.918. The number of amides is 2. The van der Waals surface area contributed by atoms with E-state index in [-0.39, 0.29) is 12.0 Å². The van der Waals surface area contributed by atoms with E-state index < -0.39 is 0 Å². The van der Waals surface area contributed by atoms with Gasteiger partial charge < -0.3 is 4.74 Å². The Morgan fingerprint density at radius 2 is 1.46 bits per heavy atom. The molecule has 0 unspecified atom stereocenters. The van der Waals surface area contributed by atoms with Crippen molar-refractivity contribution in [3.8, 4) is 6.07 Å². The molecule has 0 aliphatic heterocycles. The monoisotopic (exact) mass is 351 g/mol. The van der Waals surface area contributed by atoms with Crippen LogP contribution in [0.3, 0.4) is 0 Å². The molecule has 134 valence electrons. The van der Waals surface area contributed by atoms with Crippen molar-refractivity contribution >= 4 is 23.4 Å². The maximum atomic E-state index is 12.7. The number of esters is 1. The van der Waals surface area contributed by atoms with Gasteiger partial charge in [0.1, 0.15) is 0 Å². The van der Waals surface area contributed by atoms with Crippen molar-refractivity contribution in [2.24, 2.45) is 0 Å². The number of carbonyl (C=O) groups is 2. The number of anilines is 2. The predicted octanol–water partition coefficient (Wildman–Crippen LogP) is 3.36. The van der Waals surface area contributed by atoms with Gasteiger partial charge in [-0.25, -0.2) is 4.79 Å². The van der Waals surface area contributed by atoms with Gasteiger partial charge in [0.05, 0.1) is 18.7 Å². The van der Waals surface area contributed by atoms with E-state index in [4.69, 9.17) is 5.26 Å². The Hall–Kier alpha value is -3.33. The van der Waals surface area contributed by atoms with Crippen LogP contribution in [-0.4, -0.2) is 33.2 Å². The summed E-state index contributed by atoms with van der Waals surface area (Å²) in [7, 11) is 4.76. The molecule has 0 radical (unpaired) electrons. The van der Waals surface area contributed by atoms with Crippen LogP contribution in [-0.2, 0) is 16.0 Å². The Balaban J connectivity index is 2.04. The quantitative estimate of drug-likeness (QED) is 0.774. The van der Waals surface area contributed by atoms with Gasteiger partial charge in [0.15, 0.2) is 0 Å². The van der Waals surface area contributed by atoms with Crippen LogP contribution in [0.2, 0.25) is 0 Å². The van der Waals surface area contributed by atoms with Crippen molar-refractivity contribution in [1.82, 2.24) is 0 Å². The number of urea groups is 1. The van der Waals surface area contributed by atoms with Crippen LogP contribution >= 0.6 is 0 Å². The number of aryl methyl sites for hydroxylation is 1. The van der Waals surface area contributed by atoms with Gasteiger partial charge in [0, 0.05) is 31.9 Å². The maximum absolute atomic E-state index is 12.7. The molecule has 2 amide bonds. The van der Waals surface area contributed by atoms with E-state index in [1.807, 2.05) is 24.3 Å². The molecule has 6 nitrogen and oxygen atoms in total. The van der Waals surface area contributed by atoms with Crippen molar-refractivity contribution in [3.63, 3.8) is 0 Å². The topological polar surface area (TPSA) is 73.6 Å². The van der Waals surface area contributed by atoms with Gasteiger partial charge in [-0.3, -0.25) is 14.6 Å². The number of hydrogen-bond acceptors (Lipinski definition) is 4. The van der Waals surface area contributed by atoms with Crippen LogP contribution in [0, 0.1) is 11.3 Å². The molecule has 0 spiro atoms. The maximum Gasteiger partial charge on any atom is 0.328 e. The van der Waals surface area contributed by atoms with Gasteiger partial charge in [-0.15, -0.1) is 0 Å². The minimum atomic E-state index is -0.245. The number of hydrogen-bond donors (Lipinski definition) is 0. The molecule has 2 aromatic rings. The number of nitrogens with zero attached hydrogens (tertiary/aromatic N) is 3. The lowest BCUT2D eigenvalue weighted by Crippen LogP contribution is -2.38. The average molecular weight is 351 g/mol. The summed E-state index contributed by atoms with van der Waals surface area (Å²) >= 11 is 0. The van der Waals surface area contributed by atoms with Crippen LogP contribution < -0.4 is 9.80 Å². The van der Waals surface area contributed by atoms with Crippen LogP contribution in [0.25, 0.3) is 0 Å². The summed E-state index contributed by atoms with van der Waals surface area (Å²) in [5.41, 5.74) is 3.00. The minimum Gasteiger partial charge on any atom is -0.469 e. The van der Waals surface area contributed by atoms with Gasteiger partial charge >= 0.3 is 12.0 Å². The molecule has 0 bridgehead atoms. The van der Waals surface area contributed by atoms with Gasteiger partial charge in [-0.1, -0.05) is 12.1 Å². The Morgan fingerprint density at radius 3 is 1.92 bits per heavy atom. The van der Waals surface area contributed by atoms with Crippen molar-refractivity contribution < 1.29 is 14.3 Å². The first-order chi connectivity index (χ1) is 12.5. The summed E-state index contributed by atoms with van der Waals surface area (Å²) in [5.74, 6) is -0.245. The molecule has 0 saturated heterocycles. The second-order valence-corrected chi connectivity index (χ2v) is 5.80. The molecule has 0 aliphatic carbocycles. The third-order valence-corrected chi connectivity index (χ3v) is 4.13. The third kappa shape index (κ3) is 4.61. The largest absolute Gasteiger partial charge is 0.469 e. The van der Waals surface area contributed by atoms with Crippen LogP contribution in [0.1, 0.15) is 17.5 Å². The zero-order chi connectivity index (χ0) is 19.1. The van der Waals surface area contributed by atoms with Crippen LogP contribution in [0.15, 0.2) is 48.5 Å². The highest BCUT2D eigenvalue weighted by Crippen LogP contribution is 2.20. The summed E-state index contributed by atoms with van der Waals surface area (Å²) in [4.78, 5) is 26.9. The van der Waals surface area contributed by atoms with E-state index in [1.54, 1.807) is 43.3 Å². The fourth-order valence-corrected chi connectivity index (χ4v) is 2.44. The SMILES string of the molecule is COC(=O)CCc1ccc(N(C)C(=O)N(C)c2ccc(C#N)cc2)cc1. The summed E-state index contributed by atoms with van der Waals surface area (Å²) in [6.45, 7) is 0. The Labute approximate surface area is 153 Å². The first-order valence-electron chi connectivity index (χ1n) is 8.13. The van der Waals surface area contributed by atoms with Gasteiger partial charge in [0.2, 0.25) is 0 Å². The lowest BCUT2D eigenvalue weighted by molar-refractivity contribution is -0.140. The fraction of sp³-hybridized carbons (Fsp3) is 0.250. The predicted molar refractivity (Wildman–Crippen MR) is 100 cm³/mol. The minimum absolute atomic E-state index is 0.197. The van der Waals surface area contributed by atoms with Crippen molar-refractivity contribution in [1.29, 1.82) is 5.26 Å². The number of methoxy groups -OCH3 is 1. The molecule has 26 heavy (non-hydrogen) atoms. The lowest BCUT2D eigenvalue weighted by Gasteiger charge is -2.25. The van der Waals surface area contributed by atoms with E-state index in [1.165, 1.54) is 12.0 Å². The molecule has 6 heteroatoms. The smallest absolute Gasteiger partial charge is 0.328 e. The van der Waals surface area contributed by atoms with E-state index in [0.717, 1.165) is 11.3 Å². The van der Waals surface area contributed by atoms with Gasteiger partial charge in [0.25, 0.3) is 0 Å². The molecular formula is C20H21N3O3. The summed E-state index contributed by atoms with van der Waals surface area (Å²) < 4.78 is 4.63. The Morgan fingerprint density at radius 1 is 0.962 bits per heavy atom. The highest BCUT2D eigenvalue weighted by molar-refractivity contribution is 6.02. The van der Waals surface area contributed by atoms with E-state index in [9.17, 15) is 9.59 Å². The second kappa shape index (κ2) is 8.67. The standard InChI is InChI=1S/C20H21N3O3/c1-22(17-9-4-15(5-10-17)8-13-19(24)26-3)20(25)23(2)18-11-6-16(14-21)7-12-18/h4-7,9-12H,8,13H2,1-3H3. The summed E-state index contributed by atoms with van der Waals surface area (Å²) in [6, 6.07) is 16.2. The van der Waals surface area contributed by atoms with Crippen LogP contribution in [0.5, 0.6) is 0 Å². The first-order valence-corrected chi connectivity index (χ1v) is 8.13. The average Bonchev–Trinajstić information content (AvgIpc) is 2.70. The van der Waals surface area contributed by atoms with Gasteiger partial charge in [-0.05, 0) is 48.4 Å². The number of benzene rings is 2. The zero-order valence-corrected chi connectivity index (χ0v) is 15.1. The molecule has 0 aliphatic rings. The van der Waals surface area contributed by atoms with Crippen molar-refractivity contribution in [2.75, 3.05) is 31.0 Å². The van der Waals surface area contributed by atoms with Crippen molar-refractivity contribution in [3.05, 3.63) is 59.7 Å². The molecule has 0 aromatic heterocycles. The van der Waals surface area contributed by atoms with Gasteiger partial charge in [-0.2, -0.15) is 5.26 Å². The lowest BCUT2D eigenvalue weighted by atomic mass is 10.1. The molecule has 0 fully saturated rings. The van der Waals surface area contributed by atoms with E-state index >= 15 is 0 Å². The normalized spacial score (nSPS) is 9.92. The fourth-order valence-electron chi connectivity index (χ4n) is 2.44. The third-order valence-electron chi connectivity index (χ3n) is 4.13. The Bertz CT molecular complexity index is 808. The highest BCUT2D eigenvalue weighted by Gasteiger charge is 2.17. The molecular weight excluding hydrogens is 330 g/mol. The molecule has 0 N–H and O–H groups in total. The van der Waals surface area contributed by atoms with Crippen LogP contribution in [0.4, 0.5) is 16.2 Å². The highest BCUT2D eigenvalue weighted by atomic mass is 16.5. The number of rotatable bonds is 5. The Kier molecular flexibility index (Phi) is 6.34. The molecule has 0 saturated carbocycles. The molecule has 0 heterocycles. The number of carbonyl (C=O) groups excluding carboxylic acids is 2. The molecule has 2 rings (SSSR count). The van der Waals surface area contributed by atoms with E-state index in [2.05, 4.69) is 10.8 Å². The summed E-state index contributed by atoms with van der Waals surface area (Å²) in [5, 5.41) is 8.85.